The Bertz CT molecular complexity index is 1320. The third-order valence-electron chi connectivity index (χ3n) is 5.83. The molecule has 1 aliphatic heterocycles. The Morgan fingerprint density at radius 1 is 1.05 bits per heavy atom. The molecule has 0 bridgehead atoms. The molecule has 0 saturated carbocycles. The molecular formula is C26H28N4O7. The summed E-state index contributed by atoms with van der Waals surface area (Å²) in [6.45, 7) is 2.20. The predicted octanol–water partition coefficient (Wildman–Crippen LogP) is 3.41. The van der Waals surface area contributed by atoms with Gasteiger partial charge >= 0.3 is 5.97 Å². The van der Waals surface area contributed by atoms with Crippen molar-refractivity contribution in [2.45, 2.75) is 26.0 Å². The number of anilines is 2. The van der Waals surface area contributed by atoms with Gasteiger partial charge in [-0.05, 0) is 48.9 Å². The number of carbonyl (C=O) groups excluding carboxylic acids is 3. The summed E-state index contributed by atoms with van der Waals surface area (Å²) in [6.07, 6.45) is -0.141. The molecule has 0 saturated heterocycles. The van der Waals surface area contributed by atoms with Crippen molar-refractivity contribution in [2.24, 2.45) is 0 Å². The molecule has 1 atom stereocenters. The topological polar surface area (TPSA) is 130 Å². The summed E-state index contributed by atoms with van der Waals surface area (Å²) < 4.78 is 22.6. The van der Waals surface area contributed by atoms with Crippen LogP contribution in [0.4, 0.5) is 11.5 Å². The first-order valence-corrected chi connectivity index (χ1v) is 11.6. The molecule has 0 spiro atoms. The summed E-state index contributed by atoms with van der Waals surface area (Å²) in [6, 6.07) is 10.9. The number of benzene rings is 2. The molecule has 1 unspecified atom stereocenters. The molecule has 0 aliphatic carbocycles. The number of nitrogens with zero attached hydrogens (tertiary/aromatic N) is 2. The smallest absolute Gasteiger partial charge is 0.338 e. The zero-order valence-corrected chi connectivity index (χ0v) is 21.0. The fraction of sp³-hybridized carbons (Fsp3) is 0.308. The van der Waals surface area contributed by atoms with Gasteiger partial charge in [-0.1, -0.05) is 6.07 Å². The van der Waals surface area contributed by atoms with Gasteiger partial charge in [-0.2, -0.15) is 5.10 Å². The zero-order chi connectivity index (χ0) is 26.5. The van der Waals surface area contributed by atoms with Gasteiger partial charge in [-0.25, -0.2) is 9.48 Å². The fourth-order valence-electron chi connectivity index (χ4n) is 4.14. The van der Waals surface area contributed by atoms with E-state index in [4.69, 9.17) is 18.9 Å². The van der Waals surface area contributed by atoms with Gasteiger partial charge in [0, 0.05) is 12.8 Å². The quantitative estimate of drug-likeness (QED) is 0.399. The number of hydrogen-bond donors (Lipinski definition) is 2. The van der Waals surface area contributed by atoms with E-state index in [1.807, 2.05) is 6.07 Å². The monoisotopic (exact) mass is 508 g/mol. The second kappa shape index (κ2) is 11.1. The van der Waals surface area contributed by atoms with Crippen LogP contribution in [0.25, 0.3) is 11.1 Å². The van der Waals surface area contributed by atoms with Gasteiger partial charge in [0.2, 0.25) is 5.91 Å². The highest BCUT2D eigenvalue weighted by atomic mass is 16.5. The minimum absolute atomic E-state index is 0.141. The Labute approximate surface area is 213 Å². The maximum Gasteiger partial charge on any atom is 0.338 e. The number of amides is 2. The standard InChI is InChI=1S/C26H28N4O7/c1-5-37-26(33)15-6-9-17(10-7-15)27-22(31)13-19-25(32)28-24-23(18(14-34-2)29-30(19)24)16-8-11-20(35-3)21(12-16)36-4/h6-12,19H,5,13-14H2,1-4H3,(H,27,31)(H,28,32). The van der Waals surface area contributed by atoms with E-state index in [-0.39, 0.29) is 31.4 Å². The molecule has 1 aromatic heterocycles. The van der Waals surface area contributed by atoms with Crippen LogP contribution in [0.5, 0.6) is 11.5 Å². The third kappa shape index (κ3) is 5.26. The van der Waals surface area contributed by atoms with Crippen LogP contribution in [0, 0.1) is 0 Å². The number of ether oxygens (including phenoxy) is 4. The molecule has 37 heavy (non-hydrogen) atoms. The highest BCUT2D eigenvalue weighted by molar-refractivity contribution is 6.04. The first-order valence-electron chi connectivity index (χ1n) is 11.6. The average molecular weight is 509 g/mol. The van der Waals surface area contributed by atoms with Gasteiger partial charge in [0.25, 0.3) is 5.91 Å². The van der Waals surface area contributed by atoms with Gasteiger partial charge in [-0.3, -0.25) is 9.59 Å². The van der Waals surface area contributed by atoms with Crippen LogP contribution in [0.3, 0.4) is 0 Å². The lowest BCUT2D eigenvalue weighted by Crippen LogP contribution is -2.24. The van der Waals surface area contributed by atoms with E-state index in [0.717, 1.165) is 5.56 Å². The fourth-order valence-corrected chi connectivity index (χ4v) is 4.14. The van der Waals surface area contributed by atoms with Crippen LogP contribution in [0.1, 0.15) is 35.4 Å². The van der Waals surface area contributed by atoms with Crippen molar-refractivity contribution in [2.75, 3.05) is 38.6 Å². The van der Waals surface area contributed by atoms with E-state index in [9.17, 15) is 14.4 Å². The summed E-state index contributed by atoms with van der Waals surface area (Å²) in [5.74, 6) is 0.399. The van der Waals surface area contributed by atoms with Gasteiger partial charge in [0.05, 0.1) is 50.7 Å². The Morgan fingerprint density at radius 3 is 2.43 bits per heavy atom. The number of aromatic nitrogens is 2. The highest BCUT2D eigenvalue weighted by Crippen LogP contribution is 2.41. The second-order valence-corrected chi connectivity index (χ2v) is 8.17. The number of hydrogen-bond acceptors (Lipinski definition) is 8. The van der Waals surface area contributed by atoms with Crippen molar-refractivity contribution in [3.8, 4) is 22.6 Å². The van der Waals surface area contributed by atoms with Crippen molar-refractivity contribution < 1.29 is 33.3 Å². The SMILES string of the molecule is CCOC(=O)c1ccc(NC(=O)CC2C(=O)Nc3c(-c4ccc(OC)c(OC)c4)c(COC)nn32)cc1. The highest BCUT2D eigenvalue weighted by Gasteiger charge is 2.37. The van der Waals surface area contributed by atoms with E-state index in [0.29, 0.717) is 39.8 Å². The van der Waals surface area contributed by atoms with Crippen LogP contribution in [-0.4, -0.2) is 55.5 Å². The molecule has 194 valence electrons. The average Bonchev–Trinajstić information content (AvgIpc) is 3.38. The largest absolute Gasteiger partial charge is 0.493 e. The maximum absolute atomic E-state index is 12.9. The number of rotatable bonds is 10. The molecular weight excluding hydrogens is 480 g/mol. The Balaban J connectivity index is 1.57. The molecule has 2 heterocycles. The van der Waals surface area contributed by atoms with Crippen LogP contribution in [-0.2, 0) is 25.7 Å². The summed E-state index contributed by atoms with van der Waals surface area (Å²) in [5, 5.41) is 10.2. The summed E-state index contributed by atoms with van der Waals surface area (Å²) in [5.41, 5.74) is 2.89. The molecule has 2 N–H and O–H groups in total. The number of esters is 1. The predicted molar refractivity (Wildman–Crippen MR) is 135 cm³/mol. The van der Waals surface area contributed by atoms with Crippen LogP contribution < -0.4 is 20.1 Å². The first-order chi connectivity index (χ1) is 17.9. The molecule has 11 nitrogen and oxygen atoms in total. The number of fused-ring (bicyclic) bond motifs is 1. The second-order valence-electron chi connectivity index (χ2n) is 8.17. The van der Waals surface area contributed by atoms with Gasteiger partial charge in [0.15, 0.2) is 11.5 Å². The molecule has 2 amide bonds. The number of nitrogens with one attached hydrogen (secondary N) is 2. The lowest BCUT2D eigenvalue weighted by molar-refractivity contribution is -0.123. The Hall–Kier alpha value is -4.38. The van der Waals surface area contributed by atoms with Crippen molar-refractivity contribution in [3.63, 3.8) is 0 Å². The molecule has 2 aromatic carbocycles. The molecule has 11 heteroatoms. The summed E-state index contributed by atoms with van der Waals surface area (Å²) in [7, 11) is 4.65. The first kappa shape index (κ1) is 25.7. The van der Waals surface area contributed by atoms with Crippen molar-refractivity contribution in [3.05, 3.63) is 53.7 Å². The lowest BCUT2D eigenvalue weighted by Gasteiger charge is -2.11. The number of carbonyl (C=O) groups is 3. The lowest BCUT2D eigenvalue weighted by atomic mass is 10.0. The van der Waals surface area contributed by atoms with E-state index >= 15 is 0 Å². The Morgan fingerprint density at radius 2 is 1.78 bits per heavy atom. The summed E-state index contributed by atoms with van der Waals surface area (Å²) >= 11 is 0. The normalized spacial score (nSPS) is 14.1. The van der Waals surface area contributed by atoms with Gasteiger partial charge in [-0.15, -0.1) is 0 Å². The summed E-state index contributed by atoms with van der Waals surface area (Å²) in [4.78, 5) is 37.5. The van der Waals surface area contributed by atoms with E-state index in [1.54, 1.807) is 64.7 Å². The third-order valence-corrected chi connectivity index (χ3v) is 5.83. The molecule has 4 rings (SSSR count). The van der Waals surface area contributed by atoms with E-state index in [2.05, 4.69) is 15.7 Å². The zero-order valence-electron chi connectivity index (χ0n) is 21.0. The van der Waals surface area contributed by atoms with Crippen molar-refractivity contribution in [1.29, 1.82) is 0 Å². The minimum Gasteiger partial charge on any atom is -0.493 e. The van der Waals surface area contributed by atoms with Gasteiger partial charge in [0.1, 0.15) is 11.9 Å². The molecule has 1 aliphatic rings. The van der Waals surface area contributed by atoms with Crippen molar-refractivity contribution >= 4 is 29.3 Å². The van der Waals surface area contributed by atoms with Crippen LogP contribution in [0.2, 0.25) is 0 Å². The Kier molecular flexibility index (Phi) is 7.73. The van der Waals surface area contributed by atoms with Crippen LogP contribution >= 0.6 is 0 Å². The minimum atomic E-state index is -0.849. The van der Waals surface area contributed by atoms with Crippen molar-refractivity contribution in [1.82, 2.24) is 9.78 Å². The van der Waals surface area contributed by atoms with Gasteiger partial charge < -0.3 is 29.6 Å². The molecule has 3 aromatic rings. The maximum atomic E-state index is 12.9. The van der Waals surface area contributed by atoms with E-state index < -0.39 is 12.0 Å². The van der Waals surface area contributed by atoms with Crippen LogP contribution in [0.15, 0.2) is 42.5 Å². The molecule has 0 radical (unpaired) electrons. The molecule has 0 fully saturated rings. The van der Waals surface area contributed by atoms with E-state index in [1.165, 1.54) is 4.68 Å². The number of methoxy groups -OCH3 is 3.